The van der Waals surface area contributed by atoms with E-state index in [4.69, 9.17) is 54.1 Å². The molecule has 0 radical (unpaired) electrons. The van der Waals surface area contributed by atoms with Crippen LogP contribution in [0.2, 0.25) is 0 Å². The molecule has 82 heavy (non-hydrogen) atoms. The van der Waals surface area contributed by atoms with Crippen LogP contribution >= 0.6 is 0 Å². The van der Waals surface area contributed by atoms with Gasteiger partial charge in [-0.25, -0.2) is 9.78 Å². The first-order valence-corrected chi connectivity index (χ1v) is 27.7. The fourth-order valence-electron chi connectivity index (χ4n) is 8.71. The van der Waals surface area contributed by atoms with Crippen molar-refractivity contribution in [2.24, 2.45) is 5.41 Å². The number of ketones is 1. The molecule has 7 N–H and O–H groups in total. The molecular formula is C59H82N8O15. The average Bonchev–Trinajstić information content (AvgIpc) is 3.62. The summed E-state index contributed by atoms with van der Waals surface area (Å²) in [5.41, 5.74) is 14.2. The van der Waals surface area contributed by atoms with E-state index in [0.717, 1.165) is 11.1 Å². The molecule has 1 unspecified atom stereocenters. The minimum absolute atomic E-state index is 0.0316. The molecule has 1 aromatic heterocycles. The number of ether oxygens (including phenoxy) is 9. The number of esters is 1. The number of likely N-dealkylation sites (tertiary alicyclic amines) is 1. The van der Waals surface area contributed by atoms with Gasteiger partial charge in [0.15, 0.2) is 29.6 Å². The average molecular weight is 1140 g/mol. The van der Waals surface area contributed by atoms with Crippen LogP contribution < -0.4 is 51.1 Å². The summed E-state index contributed by atoms with van der Waals surface area (Å²) in [7, 11) is 6.09. The van der Waals surface area contributed by atoms with Crippen molar-refractivity contribution in [1.29, 1.82) is 0 Å². The highest BCUT2D eigenvalue weighted by atomic mass is 16.6. The molecule has 5 rings (SSSR count). The van der Waals surface area contributed by atoms with Crippen molar-refractivity contribution in [1.82, 2.24) is 25.5 Å². The van der Waals surface area contributed by atoms with Crippen LogP contribution in [-0.4, -0.2) is 151 Å². The molecule has 448 valence electrons. The molecule has 0 bridgehead atoms. The number of methoxy groups -OCH3 is 4. The predicted molar refractivity (Wildman–Crippen MR) is 306 cm³/mol. The zero-order valence-corrected chi connectivity index (χ0v) is 48.4. The van der Waals surface area contributed by atoms with Gasteiger partial charge in [-0.15, -0.1) is 0 Å². The molecule has 1 fully saturated rings. The lowest BCUT2D eigenvalue weighted by Gasteiger charge is -2.36. The van der Waals surface area contributed by atoms with E-state index in [2.05, 4.69) is 25.9 Å². The topological polar surface area (TPSA) is 303 Å². The quantitative estimate of drug-likeness (QED) is 0.0206. The number of piperidine rings is 1. The number of nitrogens with two attached hydrogens (primary N) is 2. The fraction of sp³-hybridized carbons (Fsp3) is 0.525. The minimum atomic E-state index is -0.925. The summed E-state index contributed by atoms with van der Waals surface area (Å²) in [4.78, 5) is 88.5. The normalized spacial score (nSPS) is 13.5. The second-order valence-electron chi connectivity index (χ2n) is 20.1. The SMILES string of the molecule is CCC(C)(C)C(=O)C(=O)N1CCCCC1C(=O)O[C@H](CCc1ccc(OC)c(OC)c1)c1cccc(NC(=O)CCC(=O)NCCCOCCOCCOCCCNC(=O)COc2c(OC)cc(Cc3cnc(N)nc3N)cc2OC)c1. The maximum Gasteiger partial charge on any atom is 0.329 e. The fourth-order valence-corrected chi connectivity index (χ4v) is 8.71. The number of carbonyl (C=O) groups excluding carboxylic acids is 6. The molecule has 4 aromatic rings. The Labute approximate surface area is 480 Å². The van der Waals surface area contributed by atoms with E-state index in [1.807, 2.05) is 19.1 Å². The van der Waals surface area contributed by atoms with E-state index < -0.39 is 35.2 Å². The third kappa shape index (κ3) is 20.7. The van der Waals surface area contributed by atoms with Gasteiger partial charge in [-0.05, 0) is 104 Å². The molecule has 1 saturated heterocycles. The molecule has 23 heteroatoms. The largest absolute Gasteiger partial charge is 0.493 e. The number of nitrogen functional groups attached to an aromatic ring is 2. The van der Waals surface area contributed by atoms with Gasteiger partial charge in [0.1, 0.15) is 18.0 Å². The Hall–Kier alpha value is -7.76. The Balaban J connectivity index is 0.943. The Kier molecular flexibility index (Phi) is 26.9. The highest BCUT2D eigenvalue weighted by molar-refractivity contribution is 6.38. The van der Waals surface area contributed by atoms with E-state index in [0.29, 0.717) is 150 Å². The molecule has 1 aliphatic rings. The smallest absolute Gasteiger partial charge is 0.329 e. The number of hydrogen-bond acceptors (Lipinski definition) is 19. The first kappa shape index (κ1) is 65.1. The summed E-state index contributed by atoms with van der Waals surface area (Å²) in [6.07, 6.45) is 5.22. The van der Waals surface area contributed by atoms with Crippen molar-refractivity contribution in [3.63, 3.8) is 0 Å². The van der Waals surface area contributed by atoms with Gasteiger partial charge in [-0.2, -0.15) is 4.98 Å². The number of aryl methyl sites for hydroxylation is 1. The molecule has 4 amide bonds. The summed E-state index contributed by atoms with van der Waals surface area (Å²) in [6.45, 7) is 8.35. The van der Waals surface area contributed by atoms with Crippen molar-refractivity contribution >= 4 is 52.8 Å². The molecule has 3 aromatic carbocycles. The summed E-state index contributed by atoms with van der Waals surface area (Å²) in [5.74, 6) is -0.281. The van der Waals surface area contributed by atoms with Crippen LogP contribution in [0, 0.1) is 5.41 Å². The van der Waals surface area contributed by atoms with Gasteiger partial charge in [0.25, 0.3) is 11.8 Å². The van der Waals surface area contributed by atoms with Crippen LogP contribution in [0.3, 0.4) is 0 Å². The van der Waals surface area contributed by atoms with Crippen LogP contribution in [0.25, 0.3) is 0 Å². The molecule has 0 aliphatic carbocycles. The van der Waals surface area contributed by atoms with E-state index in [1.54, 1.807) is 76.7 Å². The maximum atomic E-state index is 14.1. The van der Waals surface area contributed by atoms with E-state index in [9.17, 15) is 28.8 Å². The predicted octanol–water partition coefficient (Wildman–Crippen LogP) is 5.73. The zero-order chi connectivity index (χ0) is 59.4. The Morgan fingerprint density at radius 3 is 1.99 bits per heavy atom. The van der Waals surface area contributed by atoms with Gasteiger partial charge < -0.3 is 74.9 Å². The van der Waals surface area contributed by atoms with Crippen LogP contribution in [0.5, 0.6) is 28.7 Å². The van der Waals surface area contributed by atoms with Crippen molar-refractivity contribution in [2.75, 3.05) is 111 Å². The zero-order valence-electron chi connectivity index (χ0n) is 48.4. The molecule has 1 aliphatic heterocycles. The summed E-state index contributed by atoms with van der Waals surface area (Å²) in [6, 6.07) is 15.1. The van der Waals surface area contributed by atoms with Gasteiger partial charge >= 0.3 is 5.97 Å². The molecule has 0 saturated carbocycles. The number of carbonyl (C=O) groups is 6. The van der Waals surface area contributed by atoms with Gasteiger partial charge in [-0.3, -0.25) is 24.0 Å². The van der Waals surface area contributed by atoms with Gasteiger partial charge in [0.2, 0.25) is 29.3 Å². The first-order valence-electron chi connectivity index (χ1n) is 27.7. The Morgan fingerprint density at radius 2 is 1.35 bits per heavy atom. The highest BCUT2D eigenvalue weighted by Crippen LogP contribution is 2.39. The third-order valence-electron chi connectivity index (χ3n) is 13.7. The van der Waals surface area contributed by atoms with Crippen LogP contribution in [0.15, 0.2) is 60.8 Å². The van der Waals surface area contributed by atoms with E-state index in [1.165, 1.54) is 19.1 Å². The number of Topliss-reactive ketones (excluding diaryl/α,β-unsaturated/α-hetero) is 1. The lowest BCUT2D eigenvalue weighted by atomic mass is 9.84. The number of rotatable bonds is 36. The highest BCUT2D eigenvalue weighted by Gasteiger charge is 2.41. The van der Waals surface area contributed by atoms with Gasteiger partial charge in [0, 0.05) is 75.0 Å². The van der Waals surface area contributed by atoms with Crippen molar-refractivity contribution in [2.45, 2.75) is 104 Å². The van der Waals surface area contributed by atoms with Crippen molar-refractivity contribution in [3.8, 4) is 28.7 Å². The number of anilines is 3. The van der Waals surface area contributed by atoms with Crippen molar-refractivity contribution in [3.05, 3.63) is 83.0 Å². The number of nitrogens with zero attached hydrogens (tertiary/aromatic N) is 3. The summed E-state index contributed by atoms with van der Waals surface area (Å²) >= 11 is 0. The third-order valence-corrected chi connectivity index (χ3v) is 13.7. The monoisotopic (exact) mass is 1140 g/mol. The number of aromatic nitrogens is 2. The minimum Gasteiger partial charge on any atom is -0.493 e. The maximum absolute atomic E-state index is 14.1. The number of benzene rings is 3. The van der Waals surface area contributed by atoms with Crippen LogP contribution in [0.4, 0.5) is 17.5 Å². The molecule has 2 heterocycles. The van der Waals surface area contributed by atoms with E-state index in [-0.39, 0.29) is 61.2 Å². The van der Waals surface area contributed by atoms with E-state index >= 15 is 0 Å². The summed E-state index contributed by atoms with van der Waals surface area (Å²) in [5, 5.41) is 8.48. The number of nitrogens with one attached hydrogen (secondary N) is 3. The second kappa shape index (κ2) is 33.9. The summed E-state index contributed by atoms with van der Waals surface area (Å²) < 4.78 is 50.8. The lowest BCUT2D eigenvalue weighted by Crippen LogP contribution is -2.53. The molecule has 2 atom stereocenters. The first-order chi connectivity index (χ1) is 39.5. The van der Waals surface area contributed by atoms with Crippen LogP contribution in [0.1, 0.15) is 107 Å². The van der Waals surface area contributed by atoms with Crippen molar-refractivity contribution < 1.29 is 71.4 Å². The Bertz CT molecular complexity index is 2720. The second-order valence-corrected chi connectivity index (χ2v) is 20.1. The standard InChI is InChI=1S/C59H82N8O15/c1-8-59(2,3)54(71)56(72)67-25-10-9-16-44(67)57(73)82-45(19-17-39-18-20-46(74-4)47(33-39)75-5)41-14-11-15-43(36-41)65-51(69)22-21-50(68)62-23-12-26-78-28-30-80-31-29-79-27-13-24-63-52(70)38-81-53-48(76-6)34-40(35-49(53)77-7)32-42-37-64-58(61)66-55(42)60/h11,14-15,18,20,33-37,44-45H,8-10,12-13,16-17,19,21-32,38H2,1-7H3,(H,62,68)(H,63,70)(H,65,69)(H4,60,61,64,66)/t44?,45-/m1/s1. The number of amides is 4. The molecule has 23 nitrogen and oxygen atoms in total. The Morgan fingerprint density at radius 1 is 0.732 bits per heavy atom. The van der Waals surface area contributed by atoms with Gasteiger partial charge in [-0.1, -0.05) is 39.0 Å². The lowest BCUT2D eigenvalue weighted by molar-refractivity contribution is -0.164. The molecular weight excluding hydrogens is 1060 g/mol. The van der Waals surface area contributed by atoms with Gasteiger partial charge in [0.05, 0.1) is 54.9 Å². The van der Waals surface area contributed by atoms with Crippen LogP contribution in [-0.2, 0) is 60.6 Å². The molecule has 0 spiro atoms. The number of hydrogen-bond donors (Lipinski definition) is 5.